The molecule has 0 aromatic heterocycles. The summed E-state index contributed by atoms with van der Waals surface area (Å²) in [5, 5.41) is 0. The SMILES string of the molecule is COCCCCOc1cc(OC)ccc1/C=C/C(=O)CCCc1ccc(OC)c(OCc2ccccc2)c1. The van der Waals surface area contributed by atoms with Gasteiger partial charge in [0.2, 0.25) is 0 Å². The summed E-state index contributed by atoms with van der Waals surface area (Å²) in [7, 11) is 4.95. The Kier molecular flexibility index (Phi) is 12.2. The highest BCUT2D eigenvalue weighted by molar-refractivity contribution is 5.93. The van der Waals surface area contributed by atoms with Gasteiger partial charge in [-0.3, -0.25) is 4.79 Å². The van der Waals surface area contributed by atoms with E-state index in [4.69, 9.17) is 23.7 Å². The van der Waals surface area contributed by atoms with Crippen LogP contribution in [0.15, 0.2) is 72.8 Å². The lowest BCUT2D eigenvalue weighted by molar-refractivity contribution is -0.114. The Bertz CT molecular complexity index is 1160. The van der Waals surface area contributed by atoms with Gasteiger partial charge in [0.25, 0.3) is 0 Å². The van der Waals surface area contributed by atoms with Gasteiger partial charge in [-0.15, -0.1) is 0 Å². The molecule has 0 aliphatic rings. The van der Waals surface area contributed by atoms with E-state index in [1.807, 2.05) is 72.8 Å². The summed E-state index contributed by atoms with van der Waals surface area (Å²) in [5.41, 5.74) is 3.04. The number of ketones is 1. The van der Waals surface area contributed by atoms with E-state index in [2.05, 4.69) is 0 Å². The second-order valence-corrected chi connectivity index (χ2v) is 8.86. The van der Waals surface area contributed by atoms with Crippen LogP contribution in [0.2, 0.25) is 0 Å². The van der Waals surface area contributed by atoms with Gasteiger partial charge in [0.05, 0.1) is 20.8 Å². The van der Waals surface area contributed by atoms with Crippen LogP contribution in [0.3, 0.4) is 0 Å². The van der Waals surface area contributed by atoms with Crippen molar-refractivity contribution in [1.82, 2.24) is 0 Å². The predicted octanol–water partition coefficient (Wildman–Crippen LogP) is 6.69. The fourth-order valence-electron chi connectivity index (χ4n) is 3.89. The first-order chi connectivity index (χ1) is 18.6. The molecule has 6 nitrogen and oxygen atoms in total. The fraction of sp³-hybridized carbons (Fsp3) is 0.344. The molecule has 0 saturated carbocycles. The van der Waals surface area contributed by atoms with Crippen molar-refractivity contribution in [3.05, 3.63) is 89.5 Å². The zero-order valence-electron chi connectivity index (χ0n) is 22.6. The van der Waals surface area contributed by atoms with Crippen LogP contribution in [0, 0.1) is 0 Å². The highest BCUT2D eigenvalue weighted by Gasteiger charge is 2.08. The maximum atomic E-state index is 12.6. The second kappa shape index (κ2) is 16.2. The topological polar surface area (TPSA) is 63.2 Å². The summed E-state index contributed by atoms with van der Waals surface area (Å²) in [6, 6.07) is 21.6. The third kappa shape index (κ3) is 9.60. The molecule has 0 amide bonds. The molecule has 38 heavy (non-hydrogen) atoms. The van der Waals surface area contributed by atoms with E-state index in [9.17, 15) is 4.79 Å². The number of carbonyl (C=O) groups excluding carboxylic acids is 1. The Morgan fingerprint density at radius 2 is 1.55 bits per heavy atom. The van der Waals surface area contributed by atoms with Crippen molar-refractivity contribution < 1.29 is 28.5 Å². The fourth-order valence-corrected chi connectivity index (χ4v) is 3.89. The van der Waals surface area contributed by atoms with Gasteiger partial charge in [-0.2, -0.15) is 0 Å². The van der Waals surface area contributed by atoms with Crippen LogP contribution in [-0.2, 0) is 22.6 Å². The van der Waals surface area contributed by atoms with Crippen LogP contribution < -0.4 is 18.9 Å². The number of methoxy groups -OCH3 is 3. The minimum atomic E-state index is 0.0703. The van der Waals surface area contributed by atoms with Gasteiger partial charge in [-0.25, -0.2) is 0 Å². The van der Waals surface area contributed by atoms with Crippen molar-refractivity contribution in [2.75, 3.05) is 34.5 Å². The minimum absolute atomic E-state index is 0.0703. The van der Waals surface area contributed by atoms with Crippen LogP contribution in [0.1, 0.15) is 42.4 Å². The highest BCUT2D eigenvalue weighted by atomic mass is 16.5. The van der Waals surface area contributed by atoms with E-state index in [0.717, 1.165) is 42.4 Å². The number of hydrogen-bond donors (Lipinski definition) is 0. The number of aryl methyl sites for hydroxylation is 1. The first kappa shape index (κ1) is 28.8. The lowest BCUT2D eigenvalue weighted by atomic mass is 10.0. The molecule has 0 bridgehead atoms. The number of rotatable bonds is 17. The highest BCUT2D eigenvalue weighted by Crippen LogP contribution is 2.30. The lowest BCUT2D eigenvalue weighted by Crippen LogP contribution is -2.01. The monoisotopic (exact) mass is 518 g/mol. The van der Waals surface area contributed by atoms with Crippen LogP contribution >= 0.6 is 0 Å². The van der Waals surface area contributed by atoms with Crippen molar-refractivity contribution in [3.63, 3.8) is 0 Å². The van der Waals surface area contributed by atoms with Crippen LogP contribution in [-0.4, -0.2) is 40.3 Å². The molecular formula is C32H38O6. The molecule has 0 aliphatic carbocycles. The van der Waals surface area contributed by atoms with Crippen LogP contribution in [0.25, 0.3) is 6.08 Å². The van der Waals surface area contributed by atoms with Crippen molar-refractivity contribution in [2.45, 2.75) is 38.7 Å². The van der Waals surface area contributed by atoms with Gasteiger partial charge in [0, 0.05) is 31.8 Å². The lowest BCUT2D eigenvalue weighted by Gasteiger charge is -2.12. The summed E-state index contributed by atoms with van der Waals surface area (Å²) < 4.78 is 27.8. The summed E-state index contributed by atoms with van der Waals surface area (Å²) in [6.45, 7) is 1.75. The first-order valence-corrected chi connectivity index (χ1v) is 13.0. The number of benzene rings is 3. The molecule has 0 aliphatic heterocycles. The number of hydrogen-bond acceptors (Lipinski definition) is 6. The molecule has 202 valence electrons. The molecule has 6 heteroatoms. The second-order valence-electron chi connectivity index (χ2n) is 8.86. The standard InChI is InChI=1S/C32H38O6/c1-34-20-7-8-21-37-31-23-29(35-2)18-16-27(31)15-17-28(33)13-9-12-25-14-19-30(36-3)32(22-25)38-24-26-10-5-4-6-11-26/h4-6,10-11,14-19,22-23H,7-9,12-13,20-21,24H2,1-3H3/b17-15+. The molecule has 0 N–H and O–H groups in total. The summed E-state index contributed by atoms with van der Waals surface area (Å²) in [6.07, 6.45) is 7.21. The molecule has 0 spiro atoms. The van der Waals surface area contributed by atoms with E-state index in [1.54, 1.807) is 27.4 Å². The minimum Gasteiger partial charge on any atom is -0.497 e. The van der Waals surface area contributed by atoms with E-state index >= 15 is 0 Å². The van der Waals surface area contributed by atoms with E-state index in [-0.39, 0.29) is 5.78 Å². The van der Waals surface area contributed by atoms with Crippen molar-refractivity contribution in [1.29, 1.82) is 0 Å². The van der Waals surface area contributed by atoms with Gasteiger partial charge in [0.1, 0.15) is 18.1 Å². The third-order valence-corrected chi connectivity index (χ3v) is 6.02. The maximum Gasteiger partial charge on any atom is 0.161 e. The molecule has 3 rings (SSSR count). The molecule has 3 aromatic carbocycles. The molecule has 0 unspecified atom stereocenters. The Labute approximate surface area is 226 Å². The normalized spacial score (nSPS) is 10.9. The molecule has 3 aromatic rings. The van der Waals surface area contributed by atoms with E-state index in [1.165, 1.54) is 0 Å². The number of ether oxygens (including phenoxy) is 5. The van der Waals surface area contributed by atoms with Crippen LogP contribution in [0.5, 0.6) is 23.0 Å². The number of unbranched alkanes of at least 4 members (excludes halogenated alkanes) is 1. The van der Waals surface area contributed by atoms with Crippen LogP contribution in [0.4, 0.5) is 0 Å². The van der Waals surface area contributed by atoms with Gasteiger partial charge in [-0.1, -0.05) is 36.4 Å². The predicted molar refractivity (Wildman–Crippen MR) is 150 cm³/mol. The van der Waals surface area contributed by atoms with Crippen molar-refractivity contribution >= 4 is 11.9 Å². The largest absolute Gasteiger partial charge is 0.497 e. The Balaban J connectivity index is 1.52. The molecule has 0 atom stereocenters. The van der Waals surface area contributed by atoms with E-state index < -0.39 is 0 Å². The number of allylic oxidation sites excluding steroid dienone is 1. The van der Waals surface area contributed by atoms with Crippen molar-refractivity contribution in [2.24, 2.45) is 0 Å². The molecule has 0 saturated heterocycles. The molecule has 0 radical (unpaired) electrons. The van der Waals surface area contributed by atoms with Crippen molar-refractivity contribution in [3.8, 4) is 23.0 Å². The Hall–Kier alpha value is -3.77. The third-order valence-electron chi connectivity index (χ3n) is 6.02. The average Bonchev–Trinajstić information content (AvgIpc) is 2.95. The quantitative estimate of drug-likeness (QED) is 0.146. The van der Waals surface area contributed by atoms with Gasteiger partial charge < -0.3 is 23.7 Å². The van der Waals surface area contributed by atoms with Gasteiger partial charge in [0.15, 0.2) is 17.3 Å². The van der Waals surface area contributed by atoms with Gasteiger partial charge in [-0.05, 0) is 73.2 Å². The maximum absolute atomic E-state index is 12.6. The smallest absolute Gasteiger partial charge is 0.161 e. The summed E-state index contributed by atoms with van der Waals surface area (Å²) in [4.78, 5) is 12.6. The zero-order valence-corrected chi connectivity index (χ0v) is 22.6. The summed E-state index contributed by atoms with van der Waals surface area (Å²) >= 11 is 0. The molecule has 0 heterocycles. The molecule has 0 fully saturated rings. The Morgan fingerprint density at radius 3 is 2.32 bits per heavy atom. The average molecular weight is 519 g/mol. The zero-order chi connectivity index (χ0) is 27.0. The molecular weight excluding hydrogens is 480 g/mol. The summed E-state index contributed by atoms with van der Waals surface area (Å²) in [5.74, 6) is 2.88. The Morgan fingerprint density at radius 1 is 0.737 bits per heavy atom. The van der Waals surface area contributed by atoms with Gasteiger partial charge >= 0.3 is 0 Å². The van der Waals surface area contributed by atoms with E-state index in [0.29, 0.717) is 49.2 Å². The number of carbonyl (C=O) groups is 1. The first-order valence-electron chi connectivity index (χ1n) is 13.0.